The summed E-state index contributed by atoms with van der Waals surface area (Å²) < 4.78 is 0. The molecule has 0 spiro atoms. The van der Waals surface area contributed by atoms with Crippen molar-refractivity contribution in [3.05, 3.63) is 35.9 Å². The van der Waals surface area contributed by atoms with Gasteiger partial charge in [0.2, 0.25) is 0 Å². The van der Waals surface area contributed by atoms with Gasteiger partial charge in [-0.25, -0.2) is 0 Å². The highest BCUT2D eigenvalue weighted by atomic mass is 16.3. The van der Waals surface area contributed by atoms with Gasteiger partial charge in [-0.3, -0.25) is 0 Å². The molecule has 0 aromatic heterocycles. The zero-order valence-corrected chi connectivity index (χ0v) is 8.35. The molecule has 1 aromatic rings. The van der Waals surface area contributed by atoms with E-state index >= 15 is 0 Å². The van der Waals surface area contributed by atoms with Gasteiger partial charge < -0.3 is 15.5 Å². The summed E-state index contributed by atoms with van der Waals surface area (Å²) in [6.45, 7) is 1.91. The first-order valence-corrected chi connectivity index (χ1v) is 4.80. The summed E-state index contributed by atoms with van der Waals surface area (Å²) in [7, 11) is 0. The highest BCUT2D eigenvalue weighted by Gasteiger charge is 2.10. The van der Waals surface area contributed by atoms with E-state index in [-0.39, 0.29) is 25.3 Å². The quantitative estimate of drug-likeness (QED) is 0.648. The zero-order chi connectivity index (χ0) is 10.4. The number of benzene rings is 1. The summed E-state index contributed by atoms with van der Waals surface area (Å²) in [6, 6.07) is 9.84. The summed E-state index contributed by atoms with van der Waals surface area (Å²) in [6.07, 6.45) is 0. The molecule has 0 radical (unpaired) electrons. The average molecular weight is 195 g/mol. The molecule has 1 atom stereocenters. The fraction of sp³-hybridized carbons (Fsp3) is 0.455. The lowest BCUT2D eigenvalue weighted by Crippen LogP contribution is -2.37. The van der Waals surface area contributed by atoms with E-state index in [4.69, 9.17) is 10.2 Å². The summed E-state index contributed by atoms with van der Waals surface area (Å²) in [5.74, 6) is 0. The molecule has 0 saturated heterocycles. The van der Waals surface area contributed by atoms with Crippen molar-refractivity contribution in [2.45, 2.75) is 19.0 Å². The van der Waals surface area contributed by atoms with Gasteiger partial charge in [0.25, 0.3) is 0 Å². The minimum atomic E-state index is -0.245. The Balaban J connectivity index is 2.54. The normalized spacial score (nSPS) is 13.1. The second-order valence-corrected chi connectivity index (χ2v) is 3.36. The van der Waals surface area contributed by atoms with Gasteiger partial charge in [-0.05, 0) is 12.5 Å². The van der Waals surface area contributed by atoms with Gasteiger partial charge in [0.1, 0.15) is 0 Å². The third-order valence-electron chi connectivity index (χ3n) is 2.23. The molecule has 0 bridgehead atoms. The Labute approximate surface area is 84.4 Å². The Bertz CT molecular complexity index is 247. The highest BCUT2D eigenvalue weighted by molar-refractivity contribution is 5.18. The largest absolute Gasteiger partial charge is 0.395 e. The molecule has 0 aliphatic carbocycles. The van der Waals surface area contributed by atoms with Crippen LogP contribution in [0.3, 0.4) is 0 Å². The third-order valence-corrected chi connectivity index (χ3v) is 2.23. The van der Waals surface area contributed by atoms with Crippen molar-refractivity contribution < 1.29 is 10.2 Å². The summed E-state index contributed by atoms with van der Waals surface area (Å²) in [4.78, 5) is 0. The van der Waals surface area contributed by atoms with Gasteiger partial charge in [-0.15, -0.1) is 0 Å². The Hall–Kier alpha value is -0.900. The predicted molar refractivity (Wildman–Crippen MR) is 56.0 cm³/mol. The van der Waals surface area contributed by atoms with Gasteiger partial charge in [0.05, 0.1) is 19.3 Å². The van der Waals surface area contributed by atoms with E-state index in [1.807, 2.05) is 37.3 Å². The van der Waals surface area contributed by atoms with E-state index < -0.39 is 0 Å². The van der Waals surface area contributed by atoms with Crippen molar-refractivity contribution in [3.63, 3.8) is 0 Å². The van der Waals surface area contributed by atoms with Crippen molar-refractivity contribution in [1.82, 2.24) is 5.32 Å². The van der Waals surface area contributed by atoms with Crippen LogP contribution in [-0.4, -0.2) is 29.5 Å². The van der Waals surface area contributed by atoms with Gasteiger partial charge in [-0.2, -0.15) is 0 Å². The molecule has 1 rings (SSSR count). The summed E-state index contributed by atoms with van der Waals surface area (Å²) in [5.41, 5.74) is 1.15. The van der Waals surface area contributed by atoms with Gasteiger partial charge in [0.15, 0.2) is 0 Å². The Morgan fingerprint density at radius 3 is 2.21 bits per heavy atom. The first-order chi connectivity index (χ1) is 6.77. The second-order valence-electron chi connectivity index (χ2n) is 3.36. The van der Waals surface area contributed by atoms with Crippen LogP contribution in [0, 0.1) is 0 Å². The average Bonchev–Trinajstić information content (AvgIpc) is 2.26. The van der Waals surface area contributed by atoms with Gasteiger partial charge >= 0.3 is 0 Å². The van der Waals surface area contributed by atoms with Crippen LogP contribution in [0.25, 0.3) is 0 Å². The maximum absolute atomic E-state index is 8.90. The summed E-state index contributed by atoms with van der Waals surface area (Å²) in [5, 5.41) is 20.9. The molecular weight excluding hydrogens is 178 g/mol. The Morgan fingerprint density at radius 2 is 1.71 bits per heavy atom. The van der Waals surface area contributed by atoms with Crippen LogP contribution in [-0.2, 0) is 0 Å². The molecule has 3 nitrogen and oxygen atoms in total. The molecule has 1 aromatic carbocycles. The molecule has 0 heterocycles. The van der Waals surface area contributed by atoms with E-state index in [9.17, 15) is 0 Å². The lowest BCUT2D eigenvalue weighted by molar-refractivity contribution is 0.163. The monoisotopic (exact) mass is 195 g/mol. The second kappa shape index (κ2) is 5.75. The van der Waals surface area contributed by atoms with Crippen LogP contribution in [0.2, 0.25) is 0 Å². The van der Waals surface area contributed by atoms with Crippen molar-refractivity contribution in [3.8, 4) is 0 Å². The molecule has 78 valence electrons. The zero-order valence-electron chi connectivity index (χ0n) is 8.35. The predicted octanol–water partition coefficient (Wildman–Crippen LogP) is 0.690. The first-order valence-electron chi connectivity index (χ1n) is 4.80. The van der Waals surface area contributed by atoms with Crippen molar-refractivity contribution >= 4 is 0 Å². The third kappa shape index (κ3) is 3.10. The van der Waals surface area contributed by atoms with Crippen molar-refractivity contribution in [1.29, 1.82) is 0 Å². The lowest BCUT2D eigenvalue weighted by Gasteiger charge is -2.20. The van der Waals surface area contributed by atoms with Crippen LogP contribution < -0.4 is 5.32 Å². The molecule has 0 aliphatic heterocycles. The number of hydrogen-bond donors (Lipinski definition) is 3. The van der Waals surface area contributed by atoms with Crippen molar-refractivity contribution in [2.75, 3.05) is 13.2 Å². The van der Waals surface area contributed by atoms with E-state index in [1.165, 1.54) is 0 Å². The maximum Gasteiger partial charge on any atom is 0.0607 e. The van der Waals surface area contributed by atoms with Crippen molar-refractivity contribution in [2.24, 2.45) is 0 Å². The maximum atomic E-state index is 8.90. The standard InChI is InChI=1S/C11H17NO2/c1-9(12-11(7-13)8-14)10-5-3-2-4-6-10/h2-6,9,11-14H,7-8H2,1H3/t9-/m1/s1. The van der Waals surface area contributed by atoms with E-state index in [2.05, 4.69) is 5.32 Å². The van der Waals surface area contributed by atoms with Crippen LogP contribution >= 0.6 is 0 Å². The topological polar surface area (TPSA) is 52.5 Å². The lowest BCUT2D eigenvalue weighted by atomic mass is 10.1. The number of rotatable bonds is 5. The van der Waals surface area contributed by atoms with Crippen LogP contribution in [0.5, 0.6) is 0 Å². The number of nitrogens with one attached hydrogen (secondary N) is 1. The Morgan fingerprint density at radius 1 is 1.14 bits per heavy atom. The van der Waals surface area contributed by atoms with E-state index in [0.717, 1.165) is 5.56 Å². The number of aliphatic hydroxyl groups is 2. The van der Waals surface area contributed by atoms with E-state index in [1.54, 1.807) is 0 Å². The molecule has 0 unspecified atom stereocenters. The molecule has 3 N–H and O–H groups in total. The fourth-order valence-electron chi connectivity index (χ4n) is 1.35. The summed E-state index contributed by atoms with van der Waals surface area (Å²) >= 11 is 0. The molecule has 14 heavy (non-hydrogen) atoms. The van der Waals surface area contributed by atoms with Crippen LogP contribution in [0.4, 0.5) is 0 Å². The molecule has 0 saturated carbocycles. The highest BCUT2D eigenvalue weighted by Crippen LogP contribution is 2.11. The van der Waals surface area contributed by atoms with Gasteiger partial charge in [-0.1, -0.05) is 30.3 Å². The first kappa shape index (κ1) is 11.2. The SMILES string of the molecule is C[C@@H](NC(CO)CO)c1ccccc1. The number of aliphatic hydroxyl groups excluding tert-OH is 2. The molecular formula is C11H17NO2. The van der Waals surface area contributed by atoms with Gasteiger partial charge in [0, 0.05) is 6.04 Å². The van der Waals surface area contributed by atoms with Crippen LogP contribution in [0.1, 0.15) is 18.5 Å². The smallest absolute Gasteiger partial charge is 0.0607 e. The Kier molecular flexibility index (Phi) is 4.59. The minimum absolute atomic E-state index is 0.0479. The van der Waals surface area contributed by atoms with E-state index in [0.29, 0.717) is 0 Å². The van der Waals surface area contributed by atoms with Crippen LogP contribution in [0.15, 0.2) is 30.3 Å². The molecule has 0 fully saturated rings. The molecule has 0 aliphatic rings. The fourth-order valence-corrected chi connectivity index (χ4v) is 1.35. The molecule has 0 amide bonds. The minimum Gasteiger partial charge on any atom is -0.395 e. The number of hydrogen-bond acceptors (Lipinski definition) is 3. The molecule has 3 heteroatoms.